The topological polar surface area (TPSA) is 94.8 Å². The fourth-order valence-corrected chi connectivity index (χ4v) is 4.05. The minimum absolute atomic E-state index is 0.0910. The Balaban J connectivity index is 1.32. The van der Waals surface area contributed by atoms with E-state index in [-0.39, 0.29) is 12.8 Å². The van der Waals surface area contributed by atoms with Gasteiger partial charge in [-0.1, -0.05) is 11.2 Å². The number of rotatable bonds is 8. The maximum absolute atomic E-state index is 5.70. The summed E-state index contributed by atoms with van der Waals surface area (Å²) >= 11 is 0. The van der Waals surface area contributed by atoms with E-state index in [0.29, 0.717) is 24.9 Å². The zero-order valence-corrected chi connectivity index (χ0v) is 17.4. The smallest absolute Gasteiger partial charge is 0.244 e. The van der Waals surface area contributed by atoms with Gasteiger partial charge in [0.05, 0.1) is 18.2 Å². The molecule has 5 rings (SSSR count). The van der Waals surface area contributed by atoms with Crippen LogP contribution in [0.25, 0.3) is 11.4 Å². The van der Waals surface area contributed by atoms with Crippen molar-refractivity contribution in [1.82, 2.24) is 20.0 Å². The number of pyridine rings is 1. The first-order valence-electron chi connectivity index (χ1n) is 10.5. The van der Waals surface area contributed by atoms with Gasteiger partial charge in [-0.3, -0.25) is 4.90 Å². The molecule has 9 nitrogen and oxygen atoms in total. The molecule has 31 heavy (non-hydrogen) atoms. The number of hydrogen-bond acceptors (Lipinski definition) is 9. The summed E-state index contributed by atoms with van der Waals surface area (Å²) in [5.41, 5.74) is 1.99. The van der Waals surface area contributed by atoms with Gasteiger partial charge in [-0.25, -0.2) is 4.98 Å². The predicted octanol–water partition coefficient (Wildman–Crippen LogP) is 3.26. The molecule has 1 N–H and O–H groups in total. The zero-order valence-electron chi connectivity index (χ0n) is 17.4. The van der Waals surface area contributed by atoms with Gasteiger partial charge in [-0.2, -0.15) is 4.98 Å². The lowest BCUT2D eigenvalue weighted by molar-refractivity contribution is 0.173. The van der Waals surface area contributed by atoms with Gasteiger partial charge in [-0.15, -0.1) is 0 Å². The minimum Gasteiger partial charge on any atom is -0.454 e. The van der Waals surface area contributed by atoms with Crippen LogP contribution in [0.15, 0.2) is 41.1 Å². The molecular formula is C22H25N5O4. The van der Waals surface area contributed by atoms with E-state index in [0.717, 1.165) is 48.8 Å². The highest BCUT2D eigenvalue weighted by Gasteiger charge is 2.31. The van der Waals surface area contributed by atoms with Crippen molar-refractivity contribution in [3.63, 3.8) is 0 Å². The molecule has 1 saturated heterocycles. The maximum Gasteiger partial charge on any atom is 0.244 e. The second-order valence-corrected chi connectivity index (χ2v) is 7.59. The van der Waals surface area contributed by atoms with E-state index in [9.17, 15) is 0 Å². The summed E-state index contributed by atoms with van der Waals surface area (Å²) in [6.45, 7) is 3.29. The molecule has 2 aliphatic heterocycles. The largest absolute Gasteiger partial charge is 0.454 e. The van der Waals surface area contributed by atoms with Crippen molar-refractivity contribution in [2.45, 2.75) is 25.4 Å². The van der Waals surface area contributed by atoms with Crippen molar-refractivity contribution in [2.75, 3.05) is 38.9 Å². The van der Waals surface area contributed by atoms with Crippen molar-refractivity contribution in [1.29, 1.82) is 0 Å². The fraction of sp³-hybridized carbons (Fsp3) is 0.409. The lowest BCUT2D eigenvalue weighted by atomic mass is 10.1. The van der Waals surface area contributed by atoms with Crippen LogP contribution in [0.2, 0.25) is 0 Å². The molecule has 0 unspecified atom stereocenters. The number of ether oxygens (including phenoxy) is 3. The third-order valence-corrected chi connectivity index (χ3v) is 5.56. The number of likely N-dealkylation sites (tertiary alicyclic amines) is 1. The molecule has 0 bridgehead atoms. The van der Waals surface area contributed by atoms with Gasteiger partial charge in [0.15, 0.2) is 11.5 Å². The van der Waals surface area contributed by atoms with Crippen LogP contribution in [-0.4, -0.2) is 53.6 Å². The van der Waals surface area contributed by atoms with Gasteiger partial charge < -0.3 is 24.1 Å². The first-order valence-corrected chi connectivity index (χ1v) is 10.5. The highest BCUT2D eigenvalue weighted by Crippen LogP contribution is 2.36. The molecule has 0 radical (unpaired) electrons. The van der Waals surface area contributed by atoms with Gasteiger partial charge in [0, 0.05) is 26.4 Å². The van der Waals surface area contributed by atoms with E-state index < -0.39 is 0 Å². The molecule has 1 atom stereocenters. The number of anilines is 1. The summed E-state index contributed by atoms with van der Waals surface area (Å²) < 4.78 is 21.7. The molecule has 2 aliphatic rings. The minimum atomic E-state index is 0.0910. The summed E-state index contributed by atoms with van der Waals surface area (Å²) in [5.74, 6) is 3.50. The summed E-state index contributed by atoms with van der Waals surface area (Å²) in [7, 11) is 1.67. The van der Waals surface area contributed by atoms with Gasteiger partial charge in [0.25, 0.3) is 0 Å². The monoisotopic (exact) mass is 423 g/mol. The van der Waals surface area contributed by atoms with E-state index in [1.165, 1.54) is 5.56 Å². The number of benzene rings is 1. The summed E-state index contributed by atoms with van der Waals surface area (Å²) in [4.78, 5) is 11.5. The zero-order chi connectivity index (χ0) is 21.0. The van der Waals surface area contributed by atoms with Crippen LogP contribution in [0, 0.1) is 0 Å². The predicted molar refractivity (Wildman–Crippen MR) is 113 cm³/mol. The van der Waals surface area contributed by atoms with Crippen LogP contribution >= 0.6 is 0 Å². The number of nitrogens with zero attached hydrogens (tertiary/aromatic N) is 4. The van der Waals surface area contributed by atoms with Crippen LogP contribution < -0.4 is 14.8 Å². The van der Waals surface area contributed by atoms with E-state index in [1.807, 2.05) is 24.3 Å². The second kappa shape index (κ2) is 8.91. The van der Waals surface area contributed by atoms with Crippen molar-refractivity contribution >= 4 is 5.82 Å². The van der Waals surface area contributed by atoms with Crippen LogP contribution in [-0.2, 0) is 11.3 Å². The molecule has 0 amide bonds. The lowest BCUT2D eigenvalue weighted by Crippen LogP contribution is -2.23. The third-order valence-electron chi connectivity index (χ3n) is 5.56. The van der Waals surface area contributed by atoms with Crippen molar-refractivity contribution < 1.29 is 18.7 Å². The molecule has 4 heterocycles. The molecular weight excluding hydrogens is 398 g/mol. The Hall–Kier alpha value is -3.17. The third kappa shape index (κ3) is 4.19. The first kappa shape index (κ1) is 19.8. The average molecular weight is 423 g/mol. The quantitative estimate of drug-likeness (QED) is 0.548. The van der Waals surface area contributed by atoms with Gasteiger partial charge in [0.2, 0.25) is 18.5 Å². The fourth-order valence-electron chi connectivity index (χ4n) is 4.05. The van der Waals surface area contributed by atoms with Crippen LogP contribution in [0.4, 0.5) is 5.82 Å². The Morgan fingerprint density at radius 1 is 1.23 bits per heavy atom. The van der Waals surface area contributed by atoms with Crippen LogP contribution in [0.5, 0.6) is 11.5 Å². The number of nitrogens with one attached hydrogen (secondary N) is 1. The SMILES string of the molecule is COCCNc1ncccc1-c1noc([C@@H]2CCCN2Cc2ccc3c(c2)OCO3)n1. The van der Waals surface area contributed by atoms with E-state index >= 15 is 0 Å². The van der Waals surface area contributed by atoms with Crippen molar-refractivity contribution in [3.05, 3.63) is 48.0 Å². The van der Waals surface area contributed by atoms with E-state index in [1.54, 1.807) is 13.3 Å². The standard InChI is InChI=1S/C22H25N5O4/c1-28-11-9-24-20-16(4-2-8-23-20)21-25-22(31-26-21)17-5-3-10-27(17)13-15-6-7-18-19(12-15)30-14-29-18/h2,4,6-8,12,17H,3,5,9-11,13-14H2,1H3,(H,23,24)/t17-/m0/s1. The van der Waals surface area contributed by atoms with Gasteiger partial charge >= 0.3 is 0 Å². The molecule has 2 aromatic heterocycles. The van der Waals surface area contributed by atoms with E-state index in [2.05, 4.69) is 26.4 Å². The Bertz CT molecular complexity index is 1040. The molecule has 162 valence electrons. The van der Waals surface area contributed by atoms with Crippen LogP contribution in [0.1, 0.15) is 30.3 Å². The van der Waals surface area contributed by atoms with Gasteiger partial charge in [0.1, 0.15) is 5.82 Å². The molecule has 1 fully saturated rings. The molecule has 0 saturated carbocycles. The van der Waals surface area contributed by atoms with Crippen molar-refractivity contribution in [2.24, 2.45) is 0 Å². The van der Waals surface area contributed by atoms with Crippen molar-refractivity contribution in [3.8, 4) is 22.9 Å². The Kier molecular flexibility index (Phi) is 5.68. The number of methoxy groups -OCH3 is 1. The second-order valence-electron chi connectivity index (χ2n) is 7.59. The molecule has 0 aliphatic carbocycles. The Morgan fingerprint density at radius 2 is 2.16 bits per heavy atom. The molecule has 0 spiro atoms. The number of hydrogen-bond donors (Lipinski definition) is 1. The number of fused-ring (bicyclic) bond motifs is 1. The lowest BCUT2D eigenvalue weighted by Gasteiger charge is -2.21. The van der Waals surface area contributed by atoms with Gasteiger partial charge in [-0.05, 0) is 49.2 Å². The van der Waals surface area contributed by atoms with E-state index in [4.69, 9.17) is 23.7 Å². The summed E-state index contributed by atoms with van der Waals surface area (Å²) in [6.07, 6.45) is 3.81. The Labute approximate surface area is 180 Å². The van der Waals surface area contributed by atoms with Crippen LogP contribution in [0.3, 0.4) is 0 Å². The summed E-state index contributed by atoms with van der Waals surface area (Å²) in [5, 5.41) is 7.51. The average Bonchev–Trinajstić information content (AvgIpc) is 3.54. The molecule has 3 aromatic rings. The maximum atomic E-state index is 5.70. The highest BCUT2D eigenvalue weighted by atomic mass is 16.7. The Morgan fingerprint density at radius 3 is 3.10 bits per heavy atom. The molecule has 1 aromatic carbocycles. The first-order chi connectivity index (χ1) is 15.3. The number of aromatic nitrogens is 3. The molecule has 9 heteroatoms. The summed E-state index contributed by atoms with van der Waals surface area (Å²) in [6, 6.07) is 9.99. The normalized spacial score (nSPS) is 17.9. The highest BCUT2D eigenvalue weighted by molar-refractivity contribution is 5.69.